The highest BCUT2D eigenvalue weighted by Gasteiger charge is 2.21. The third-order valence-corrected chi connectivity index (χ3v) is 4.03. The van der Waals surface area contributed by atoms with Gasteiger partial charge in [0.1, 0.15) is 30.3 Å². The van der Waals surface area contributed by atoms with Gasteiger partial charge in [-0.1, -0.05) is 36.4 Å². The molecular weight excluding hydrogens is 332 g/mol. The Morgan fingerprint density at radius 1 is 1.08 bits per heavy atom. The van der Waals surface area contributed by atoms with Crippen LogP contribution in [0.1, 0.15) is 22.3 Å². The third-order valence-electron chi connectivity index (χ3n) is 4.03. The molecule has 0 spiro atoms. The number of hydrogen-bond acceptors (Lipinski definition) is 4. The van der Waals surface area contributed by atoms with E-state index in [2.05, 4.69) is 0 Å². The molecule has 5 heteroatoms. The summed E-state index contributed by atoms with van der Waals surface area (Å²) in [6.07, 6.45) is 0. The van der Waals surface area contributed by atoms with Crippen LogP contribution in [0, 0.1) is 13.8 Å². The predicted molar refractivity (Wildman–Crippen MR) is 100 cm³/mol. The number of methoxy groups -OCH3 is 2. The molecule has 0 saturated carbocycles. The smallest absolute Gasteiger partial charge is 0.339 e. The quantitative estimate of drug-likeness (QED) is 0.573. The molecule has 0 fully saturated rings. The summed E-state index contributed by atoms with van der Waals surface area (Å²) in [5.41, 5.74) is 3.52. The van der Waals surface area contributed by atoms with Gasteiger partial charge in [0, 0.05) is 7.11 Å². The molecule has 0 aliphatic carbocycles. The van der Waals surface area contributed by atoms with E-state index < -0.39 is 5.97 Å². The molecule has 0 unspecified atom stereocenters. The number of aliphatic carboxylic acids is 1. The topological polar surface area (TPSA) is 65.0 Å². The number of hydrogen-bond donors (Lipinski definition) is 1. The van der Waals surface area contributed by atoms with Gasteiger partial charge in [-0.2, -0.15) is 0 Å². The van der Waals surface area contributed by atoms with Gasteiger partial charge >= 0.3 is 5.97 Å². The molecule has 0 atom stereocenters. The van der Waals surface area contributed by atoms with E-state index in [1.807, 2.05) is 44.2 Å². The minimum atomic E-state index is -1.07. The fourth-order valence-electron chi connectivity index (χ4n) is 2.66. The lowest BCUT2D eigenvalue weighted by Gasteiger charge is -2.16. The Kier molecular flexibility index (Phi) is 6.81. The van der Waals surface area contributed by atoms with E-state index in [9.17, 15) is 9.90 Å². The number of carboxylic acid groups (broad SMARTS) is 1. The number of aryl methyl sites for hydroxylation is 2. The van der Waals surface area contributed by atoms with E-state index in [4.69, 9.17) is 14.2 Å². The summed E-state index contributed by atoms with van der Waals surface area (Å²) in [7, 11) is 2.93. The van der Waals surface area contributed by atoms with Gasteiger partial charge in [-0.25, -0.2) is 4.79 Å². The van der Waals surface area contributed by atoms with Gasteiger partial charge in [0.2, 0.25) is 0 Å². The molecular formula is C21H24O5. The average molecular weight is 356 g/mol. The van der Waals surface area contributed by atoms with Crippen LogP contribution >= 0.6 is 0 Å². The molecule has 2 aromatic carbocycles. The zero-order valence-corrected chi connectivity index (χ0v) is 15.5. The molecule has 0 heterocycles. The Hall–Kier alpha value is -2.79. The molecule has 0 bridgehead atoms. The largest absolute Gasteiger partial charge is 0.498 e. The Balaban J connectivity index is 2.40. The maximum absolute atomic E-state index is 11.9. The van der Waals surface area contributed by atoms with Crippen molar-refractivity contribution in [2.45, 2.75) is 20.5 Å². The van der Waals surface area contributed by atoms with Gasteiger partial charge in [-0.3, -0.25) is 0 Å². The summed E-state index contributed by atoms with van der Waals surface area (Å²) >= 11 is 0. The van der Waals surface area contributed by atoms with Crippen LogP contribution in [0.2, 0.25) is 0 Å². The van der Waals surface area contributed by atoms with Gasteiger partial charge in [0.25, 0.3) is 0 Å². The molecule has 26 heavy (non-hydrogen) atoms. The van der Waals surface area contributed by atoms with Crippen LogP contribution in [0.5, 0.6) is 5.75 Å². The first kappa shape index (κ1) is 19.5. The van der Waals surface area contributed by atoms with Crippen molar-refractivity contribution in [2.75, 3.05) is 20.8 Å². The summed E-state index contributed by atoms with van der Waals surface area (Å²) in [4.78, 5) is 11.9. The van der Waals surface area contributed by atoms with Crippen molar-refractivity contribution in [2.24, 2.45) is 0 Å². The summed E-state index contributed by atoms with van der Waals surface area (Å²) in [6, 6.07) is 13.2. The van der Waals surface area contributed by atoms with E-state index in [1.54, 1.807) is 12.1 Å². The van der Waals surface area contributed by atoms with Gasteiger partial charge in [0.05, 0.1) is 7.11 Å². The minimum Gasteiger partial charge on any atom is -0.498 e. The number of carbonyl (C=O) groups is 1. The number of rotatable bonds is 8. The second kappa shape index (κ2) is 9.06. The number of carboxylic acids is 1. The zero-order chi connectivity index (χ0) is 19.1. The summed E-state index contributed by atoms with van der Waals surface area (Å²) < 4.78 is 16.3. The van der Waals surface area contributed by atoms with E-state index in [0.29, 0.717) is 5.56 Å². The molecule has 1 N–H and O–H groups in total. The van der Waals surface area contributed by atoms with Crippen LogP contribution in [0.4, 0.5) is 0 Å². The molecule has 5 nitrogen and oxygen atoms in total. The van der Waals surface area contributed by atoms with Crippen molar-refractivity contribution >= 4 is 11.5 Å². The van der Waals surface area contributed by atoms with Gasteiger partial charge < -0.3 is 19.3 Å². The van der Waals surface area contributed by atoms with Crippen molar-refractivity contribution in [1.29, 1.82) is 0 Å². The molecule has 2 rings (SSSR count). The van der Waals surface area contributed by atoms with Crippen molar-refractivity contribution in [1.82, 2.24) is 0 Å². The lowest BCUT2D eigenvalue weighted by molar-refractivity contribution is -0.130. The molecule has 0 aliphatic heterocycles. The molecule has 0 aliphatic rings. The molecule has 2 aromatic rings. The first-order valence-electron chi connectivity index (χ1n) is 8.25. The highest BCUT2D eigenvalue weighted by molar-refractivity contribution is 6.16. The Bertz CT molecular complexity index is 808. The lowest BCUT2D eigenvalue weighted by atomic mass is 9.99. The van der Waals surface area contributed by atoms with E-state index in [-0.39, 0.29) is 24.5 Å². The second-order valence-corrected chi connectivity index (χ2v) is 5.96. The predicted octanol–water partition coefficient (Wildman–Crippen LogP) is 3.97. The summed E-state index contributed by atoms with van der Waals surface area (Å²) in [5.74, 6) is -0.0261. The number of ether oxygens (including phenoxy) is 3. The molecule has 0 amide bonds. The van der Waals surface area contributed by atoms with E-state index >= 15 is 0 Å². The SMILES string of the molecule is COC/C(OC)=C(\C(=O)O)c1ccccc1COc1cc(C)ccc1C. The normalized spacial score (nSPS) is 11.7. The first-order chi connectivity index (χ1) is 12.5. The fourth-order valence-corrected chi connectivity index (χ4v) is 2.66. The summed E-state index contributed by atoms with van der Waals surface area (Å²) in [5, 5.41) is 9.71. The summed E-state index contributed by atoms with van der Waals surface area (Å²) in [6.45, 7) is 4.30. The standard InChI is InChI=1S/C21H24O5/c1-14-9-10-15(2)18(11-14)26-12-16-7-5-6-8-17(16)20(21(22)23)19(25-4)13-24-3/h5-11H,12-13H2,1-4H3,(H,22,23)/b20-19+. The molecule has 138 valence electrons. The molecule has 0 radical (unpaired) electrons. The van der Waals surface area contributed by atoms with Crippen molar-refractivity contribution < 1.29 is 24.1 Å². The van der Waals surface area contributed by atoms with Crippen LogP contribution in [0.15, 0.2) is 48.2 Å². The monoisotopic (exact) mass is 356 g/mol. The highest BCUT2D eigenvalue weighted by atomic mass is 16.5. The van der Waals surface area contributed by atoms with Crippen LogP contribution in [-0.4, -0.2) is 31.9 Å². The van der Waals surface area contributed by atoms with Crippen molar-refractivity contribution in [3.63, 3.8) is 0 Å². The van der Waals surface area contributed by atoms with Gasteiger partial charge in [0.15, 0.2) is 0 Å². The minimum absolute atomic E-state index is 0.0737. The van der Waals surface area contributed by atoms with E-state index in [0.717, 1.165) is 22.4 Å². The maximum atomic E-state index is 11.9. The van der Waals surface area contributed by atoms with Crippen molar-refractivity contribution in [3.05, 3.63) is 70.5 Å². The van der Waals surface area contributed by atoms with Crippen LogP contribution in [0.25, 0.3) is 5.57 Å². The van der Waals surface area contributed by atoms with Crippen LogP contribution < -0.4 is 4.74 Å². The third kappa shape index (κ3) is 4.64. The Labute approximate surface area is 153 Å². The van der Waals surface area contributed by atoms with Crippen LogP contribution in [0.3, 0.4) is 0 Å². The molecule has 0 saturated heterocycles. The number of benzene rings is 2. The molecule has 0 aromatic heterocycles. The Morgan fingerprint density at radius 3 is 2.46 bits per heavy atom. The lowest BCUT2D eigenvalue weighted by Crippen LogP contribution is -2.11. The Morgan fingerprint density at radius 2 is 1.81 bits per heavy atom. The maximum Gasteiger partial charge on any atom is 0.339 e. The zero-order valence-electron chi connectivity index (χ0n) is 15.5. The van der Waals surface area contributed by atoms with Crippen molar-refractivity contribution in [3.8, 4) is 5.75 Å². The van der Waals surface area contributed by atoms with Gasteiger partial charge in [-0.05, 0) is 42.2 Å². The van der Waals surface area contributed by atoms with Crippen LogP contribution in [-0.2, 0) is 20.9 Å². The highest BCUT2D eigenvalue weighted by Crippen LogP contribution is 2.26. The van der Waals surface area contributed by atoms with E-state index in [1.165, 1.54) is 14.2 Å². The average Bonchev–Trinajstić information content (AvgIpc) is 2.62. The first-order valence-corrected chi connectivity index (χ1v) is 8.25. The second-order valence-electron chi connectivity index (χ2n) is 5.96. The fraction of sp³-hybridized carbons (Fsp3) is 0.286. The van der Waals surface area contributed by atoms with Gasteiger partial charge in [-0.15, -0.1) is 0 Å².